The van der Waals surface area contributed by atoms with Gasteiger partial charge < -0.3 is 24.1 Å². The van der Waals surface area contributed by atoms with E-state index in [0.29, 0.717) is 62.9 Å². The topological polar surface area (TPSA) is 74.2 Å². The van der Waals surface area contributed by atoms with Crippen LogP contribution in [-0.2, 0) is 16.0 Å². The fraction of sp³-hybridized carbons (Fsp3) is 0.500. The van der Waals surface area contributed by atoms with E-state index >= 15 is 0 Å². The monoisotopic (exact) mass is 516 g/mol. The Kier molecular flexibility index (Phi) is 14.2. The first-order valence-electron chi connectivity index (χ1n) is 13.3. The van der Waals surface area contributed by atoms with Gasteiger partial charge >= 0.3 is 5.97 Å². The zero-order valence-electron chi connectivity index (χ0n) is 22.4. The van der Waals surface area contributed by atoms with Gasteiger partial charge in [0.05, 0.1) is 26.4 Å². The molecule has 0 bridgehead atoms. The average molecular weight is 517 g/mol. The molecule has 204 valence electrons. The van der Waals surface area contributed by atoms with Crippen molar-refractivity contribution in [1.82, 2.24) is 0 Å². The third-order valence-corrected chi connectivity index (χ3v) is 5.71. The molecule has 0 aliphatic heterocycles. The van der Waals surface area contributed by atoms with Crippen molar-refractivity contribution in [1.29, 1.82) is 0 Å². The van der Waals surface area contributed by atoms with Gasteiger partial charge in [-0.2, -0.15) is 0 Å². The predicted octanol–water partition coefficient (Wildman–Crippen LogP) is 7.09. The van der Waals surface area contributed by atoms with E-state index in [4.69, 9.17) is 18.9 Å². The summed E-state index contributed by atoms with van der Waals surface area (Å²) in [6.07, 6.45) is 7.40. The Balaban J connectivity index is 2.05. The summed E-state index contributed by atoms with van der Waals surface area (Å²) in [7, 11) is 0. The Morgan fingerprint density at radius 3 is 2.24 bits per heavy atom. The lowest BCUT2D eigenvalue weighted by atomic mass is 10.1. The summed E-state index contributed by atoms with van der Waals surface area (Å²) in [5, 5.41) is 9.54. The number of benzene rings is 2. The first kappa shape index (κ1) is 30.2. The zero-order chi connectivity index (χ0) is 26.9. The number of halogens is 1. The van der Waals surface area contributed by atoms with E-state index in [1.54, 1.807) is 30.3 Å². The van der Waals surface area contributed by atoms with Crippen LogP contribution < -0.4 is 14.2 Å². The van der Waals surface area contributed by atoms with E-state index in [0.717, 1.165) is 37.7 Å². The van der Waals surface area contributed by atoms with Crippen molar-refractivity contribution in [2.75, 3.05) is 33.0 Å². The van der Waals surface area contributed by atoms with Crippen molar-refractivity contribution in [2.45, 2.75) is 65.7 Å². The molecule has 0 atom stereocenters. The molecule has 2 aromatic carbocycles. The van der Waals surface area contributed by atoms with Crippen molar-refractivity contribution in [3.63, 3.8) is 0 Å². The van der Waals surface area contributed by atoms with Crippen LogP contribution in [0.3, 0.4) is 0 Å². The number of aliphatic carboxylic acids is 1. The Hall–Kier alpha value is -3.06. The van der Waals surface area contributed by atoms with E-state index in [2.05, 4.69) is 13.8 Å². The van der Waals surface area contributed by atoms with Gasteiger partial charge in [0.1, 0.15) is 0 Å². The Labute approximate surface area is 220 Å². The molecular weight excluding hydrogens is 475 g/mol. The number of rotatable bonds is 19. The minimum Gasteiger partial charge on any atom is -0.491 e. The number of carbonyl (C=O) groups is 1. The fourth-order valence-electron chi connectivity index (χ4n) is 3.57. The van der Waals surface area contributed by atoms with E-state index in [1.165, 1.54) is 6.07 Å². The SMILES string of the molecule is CCCCCOc1ccc(CCOc2ccc(/C=C(/CCOCC)C(=O)O)cc2OCCCC)cc1F. The molecule has 37 heavy (non-hydrogen) atoms. The molecule has 0 saturated heterocycles. The maximum Gasteiger partial charge on any atom is 0.331 e. The van der Waals surface area contributed by atoms with Crippen molar-refractivity contribution in [3.8, 4) is 17.2 Å². The predicted molar refractivity (Wildman–Crippen MR) is 144 cm³/mol. The fourth-order valence-corrected chi connectivity index (χ4v) is 3.57. The molecule has 0 amide bonds. The molecule has 6 nitrogen and oxygen atoms in total. The lowest BCUT2D eigenvalue weighted by Gasteiger charge is -2.14. The highest BCUT2D eigenvalue weighted by atomic mass is 19.1. The number of unbranched alkanes of at least 4 members (excludes halogenated alkanes) is 3. The molecule has 0 aromatic heterocycles. The minimum atomic E-state index is -0.974. The quantitative estimate of drug-likeness (QED) is 0.159. The van der Waals surface area contributed by atoms with Crippen LogP contribution in [-0.4, -0.2) is 44.1 Å². The van der Waals surface area contributed by atoms with Crippen LogP contribution in [0, 0.1) is 5.82 Å². The molecule has 0 fully saturated rings. The van der Waals surface area contributed by atoms with Gasteiger partial charge in [0, 0.05) is 25.0 Å². The third-order valence-electron chi connectivity index (χ3n) is 5.71. The van der Waals surface area contributed by atoms with Crippen LogP contribution in [0.15, 0.2) is 42.0 Å². The molecule has 0 spiro atoms. The van der Waals surface area contributed by atoms with Gasteiger partial charge in [0.25, 0.3) is 0 Å². The molecule has 1 N–H and O–H groups in total. The Bertz CT molecular complexity index is 988. The summed E-state index contributed by atoms with van der Waals surface area (Å²) in [6, 6.07) is 10.4. The summed E-state index contributed by atoms with van der Waals surface area (Å²) >= 11 is 0. The van der Waals surface area contributed by atoms with Crippen LogP contribution >= 0.6 is 0 Å². The van der Waals surface area contributed by atoms with Gasteiger partial charge in [-0.05, 0) is 61.2 Å². The second kappa shape index (κ2) is 17.4. The number of ether oxygens (including phenoxy) is 4. The molecule has 0 radical (unpaired) electrons. The standard InChI is InChI=1S/C30H41FO6/c1-4-7-9-17-35-27-12-10-23(21-26(27)31)14-19-37-28-13-11-24(22-29(28)36-16-8-5-2)20-25(30(32)33)15-18-34-6-3/h10-13,20-22H,4-9,14-19H2,1-3H3,(H,32,33)/b25-20-. The zero-order valence-corrected chi connectivity index (χ0v) is 22.4. The minimum absolute atomic E-state index is 0.265. The highest BCUT2D eigenvalue weighted by Crippen LogP contribution is 2.30. The average Bonchev–Trinajstić information content (AvgIpc) is 2.88. The Morgan fingerprint density at radius 1 is 0.838 bits per heavy atom. The van der Waals surface area contributed by atoms with Gasteiger partial charge in [0.15, 0.2) is 23.1 Å². The van der Waals surface area contributed by atoms with Crippen LogP contribution in [0.2, 0.25) is 0 Å². The number of hydrogen-bond donors (Lipinski definition) is 1. The van der Waals surface area contributed by atoms with E-state index in [1.807, 2.05) is 13.0 Å². The maximum absolute atomic E-state index is 14.4. The van der Waals surface area contributed by atoms with E-state index < -0.39 is 5.97 Å². The van der Waals surface area contributed by atoms with Crippen LogP contribution in [0.4, 0.5) is 4.39 Å². The molecule has 0 heterocycles. The summed E-state index contributed by atoms with van der Waals surface area (Å²) in [5.41, 5.74) is 1.79. The van der Waals surface area contributed by atoms with Gasteiger partial charge in [0.2, 0.25) is 0 Å². The molecule has 7 heteroatoms. The molecule has 0 unspecified atom stereocenters. The lowest BCUT2D eigenvalue weighted by Crippen LogP contribution is -2.06. The highest BCUT2D eigenvalue weighted by molar-refractivity contribution is 5.92. The van der Waals surface area contributed by atoms with Crippen LogP contribution in [0.1, 0.15) is 70.4 Å². The van der Waals surface area contributed by atoms with Gasteiger partial charge in [-0.3, -0.25) is 0 Å². The van der Waals surface area contributed by atoms with E-state index in [9.17, 15) is 14.3 Å². The number of hydrogen-bond acceptors (Lipinski definition) is 5. The van der Waals surface area contributed by atoms with Crippen molar-refractivity contribution >= 4 is 12.0 Å². The second-order valence-electron chi connectivity index (χ2n) is 8.75. The normalized spacial score (nSPS) is 11.4. The first-order valence-corrected chi connectivity index (χ1v) is 13.3. The molecular formula is C30H41FO6. The molecule has 2 rings (SSSR count). The number of carboxylic acids is 1. The Morgan fingerprint density at radius 2 is 1.54 bits per heavy atom. The van der Waals surface area contributed by atoms with Gasteiger partial charge in [-0.25, -0.2) is 9.18 Å². The molecule has 0 aliphatic rings. The summed E-state index contributed by atoms with van der Waals surface area (Å²) in [4.78, 5) is 11.6. The first-order chi connectivity index (χ1) is 18.0. The second-order valence-corrected chi connectivity index (χ2v) is 8.75. The van der Waals surface area contributed by atoms with E-state index in [-0.39, 0.29) is 17.1 Å². The number of carboxylic acid groups (broad SMARTS) is 1. The molecule has 0 aliphatic carbocycles. The summed E-state index contributed by atoms with van der Waals surface area (Å²) < 4.78 is 37.2. The summed E-state index contributed by atoms with van der Waals surface area (Å²) in [6.45, 7) is 8.34. The summed E-state index contributed by atoms with van der Waals surface area (Å²) in [5.74, 6) is 0.0537. The van der Waals surface area contributed by atoms with Crippen molar-refractivity contribution < 1.29 is 33.2 Å². The van der Waals surface area contributed by atoms with Crippen LogP contribution in [0.5, 0.6) is 17.2 Å². The van der Waals surface area contributed by atoms with Crippen molar-refractivity contribution in [2.24, 2.45) is 0 Å². The molecule has 0 saturated carbocycles. The smallest absolute Gasteiger partial charge is 0.331 e. The van der Waals surface area contributed by atoms with Gasteiger partial charge in [-0.1, -0.05) is 45.2 Å². The maximum atomic E-state index is 14.4. The molecule has 2 aromatic rings. The third kappa shape index (κ3) is 11.3. The van der Waals surface area contributed by atoms with Gasteiger partial charge in [-0.15, -0.1) is 0 Å². The largest absolute Gasteiger partial charge is 0.491 e. The van der Waals surface area contributed by atoms with Crippen molar-refractivity contribution in [3.05, 3.63) is 58.9 Å². The lowest BCUT2D eigenvalue weighted by molar-refractivity contribution is -0.132. The van der Waals surface area contributed by atoms with Crippen LogP contribution in [0.25, 0.3) is 6.08 Å². The highest BCUT2D eigenvalue weighted by Gasteiger charge is 2.11.